The molecule has 3 rings (SSSR count). The summed E-state index contributed by atoms with van der Waals surface area (Å²) in [6, 6.07) is 17.7. The zero-order valence-electron chi connectivity index (χ0n) is 22.8. The van der Waals surface area contributed by atoms with Gasteiger partial charge in [-0.25, -0.2) is 4.79 Å². The molecule has 40 heavy (non-hydrogen) atoms. The summed E-state index contributed by atoms with van der Waals surface area (Å²) < 4.78 is 40.0. The average molecular weight is 559 g/mol. The fourth-order valence-corrected chi connectivity index (χ4v) is 4.18. The standard InChI is InChI=1S/C29H34O11/c1-5-34-28(33)24(22-14-10-7-11-15-22)40-27-26(37-19(3)31)25(36-16-21-12-8-6-9-13-21)23(17-35-18(2)30)39-29(27)38-20(4)32/h6-15,23-27,29H,5,16-17H2,1-4H3/t23-,24-,25-,26+,27-,29+/m1/s1. The molecule has 0 aliphatic carbocycles. The van der Waals surface area contributed by atoms with Crippen LogP contribution in [0.4, 0.5) is 0 Å². The largest absolute Gasteiger partial charge is 0.464 e. The summed E-state index contributed by atoms with van der Waals surface area (Å²) in [5.74, 6) is -2.69. The molecule has 0 unspecified atom stereocenters. The number of carbonyl (C=O) groups is 4. The van der Waals surface area contributed by atoms with Gasteiger partial charge < -0.3 is 33.2 Å². The Kier molecular flexibility index (Phi) is 11.6. The molecule has 0 radical (unpaired) electrons. The maximum Gasteiger partial charge on any atom is 0.339 e. The second-order valence-electron chi connectivity index (χ2n) is 8.93. The summed E-state index contributed by atoms with van der Waals surface area (Å²) >= 11 is 0. The van der Waals surface area contributed by atoms with Gasteiger partial charge >= 0.3 is 23.9 Å². The van der Waals surface area contributed by atoms with E-state index in [0.29, 0.717) is 5.56 Å². The smallest absolute Gasteiger partial charge is 0.339 e. The van der Waals surface area contributed by atoms with Gasteiger partial charge in [0.1, 0.15) is 18.8 Å². The number of carbonyl (C=O) groups excluding carboxylic acids is 4. The number of hydrogen-bond donors (Lipinski definition) is 0. The monoisotopic (exact) mass is 558 g/mol. The van der Waals surface area contributed by atoms with E-state index >= 15 is 0 Å². The van der Waals surface area contributed by atoms with Gasteiger partial charge in [0.05, 0.1) is 13.2 Å². The van der Waals surface area contributed by atoms with Crippen LogP contribution in [0.25, 0.3) is 0 Å². The first-order chi connectivity index (χ1) is 19.2. The van der Waals surface area contributed by atoms with Crippen molar-refractivity contribution in [3.63, 3.8) is 0 Å². The van der Waals surface area contributed by atoms with Crippen molar-refractivity contribution in [3.8, 4) is 0 Å². The van der Waals surface area contributed by atoms with Crippen LogP contribution >= 0.6 is 0 Å². The quantitative estimate of drug-likeness (QED) is 0.281. The molecule has 11 nitrogen and oxygen atoms in total. The molecule has 0 amide bonds. The van der Waals surface area contributed by atoms with E-state index in [-0.39, 0.29) is 19.8 Å². The van der Waals surface area contributed by atoms with Crippen molar-refractivity contribution in [1.82, 2.24) is 0 Å². The van der Waals surface area contributed by atoms with Gasteiger partial charge in [-0.3, -0.25) is 14.4 Å². The van der Waals surface area contributed by atoms with Crippen molar-refractivity contribution in [2.75, 3.05) is 13.2 Å². The lowest BCUT2D eigenvalue weighted by atomic mass is 9.97. The zero-order valence-corrected chi connectivity index (χ0v) is 22.8. The van der Waals surface area contributed by atoms with Crippen LogP contribution in [0.15, 0.2) is 60.7 Å². The van der Waals surface area contributed by atoms with Gasteiger partial charge in [0.25, 0.3) is 0 Å². The SMILES string of the molecule is CCOC(=O)[C@H](O[C@H]1[C@@H](OC(C)=O)O[C@H](COC(C)=O)[C@@H](OCc2ccccc2)[C@@H]1OC(C)=O)c1ccccc1. The second kappa shape index (κ2) is 15.1. The van der Waals surface area contributed by atoms with E-state index in [1.165, 1.54) is 20.8 Å². The minimum absolute atomic E-state index is 0.0775. The molecule has 0 aromatic heterocycles. The molecular weight excluding hydrogens is 524 g/mol. The third-order valence-corrected chi connectivity index (χ3v) is 5.81. The summed E-state index contributed by atoms with van der Waals surface area (Å²) in [5.41, 5.74) is 1.26. The predicted molar refractivity (Wildman–Crippen MR) is 138 cm³/mol. The molecule has 2 aromatic rings. The Labute approximate surface area is 232 Å². The molecule has 11 heteroatoms. The van der Waals surface area contributed by atoms with Gasteiger partial charge in [0.2, 0.25) is 6.29 Å². The topological polar surface area (TPSA) is 133 Å². The molecular formula is C29H34O11. The molecule has 0 bridgehead atoms. The first-order valence-electron chi connectivity index (χ1n) is 12.8. The van der Waals surface area contributed by atoms with Crippen LogP contribution in [0, 0.1) is 0 Å². The van der Waals surface area contributed by atoms with Crippen LogP contribution < -0.4 is 0 Å². The summed E-state index contributed by atoms with van der Waals surface area (Å²) in [7, 11) is 0. The highest BCUT2D eigenvalue weighted by Crippen LogP contribution is 2.34. The zero-order chi connectivity index (χ0) is 29.1. The number of benzene rings is 2. The number of ether oxygens (including phenoxy) is 7. The van der Waals surface area contributed by atoms with Crippen molar-refractivity contribution in [3.05, 3.63) is 71.8 Å². The average Bonchev–Trinajstić information content (AvgIpc) is 2.91. The Morgan fingerprint density at radius 1 is 0.775 bits per heavy atom. The van der Waals surface area contributed by atoms with Gasteiger partial charge in [0.15, 0.2) is 18.3 Å². The highest BCUT2D eigenvalue weighted by molar-refractivity contribution is 5.76. The van der Waals surface area contributed by atoms with Gasteiger partial charge in [0, 0.05) is 20.8 Å². The van der Waals surface area contributed by atoms with Crippen LogP contribution in [-0.4, -0.2) is 67.8 Å². The molecule has 2 aromatic carbocycles. The summed E-state index contributed by atoms with van der Waals surface area (Å²) in [5, 5.41) is 0. The fourth-order valence-electron chi connectivity index (χ4n) is 4.18. The van der Waals surface area contributed by atoms with E-state index in [9.17, 15) is 19.2 Å². The van der Waals surface area contributed by atoms with E-state index in [4.69, 9.17) is 33.2 Å². The molecule has 0 N–H and O–H groups in total. The van der Waals surface area contributed by atoms with Crippen molar-refractivity contribution in [1.29, 1.82) is 0 Å². The van der Waals surface area contributed by atoms with Gasteiger partial charge in [-0.1, -0.05) is 60.7 Å². The lowest BCUT2D eigenvalue weighted by Crippen LogP contribution is -2.62. The molecule has 1 aliphatic heterocycles. The Balaban J connectivity index is 2.04. The van der Waals surface area contributed by atoms with Crippen molar-refractivity contribution >= 4 is 23.9 Å². The van der Waals surface area contributed by atoms with Crippen molar-refractivity contribution in [2.45, 2.75) is 71.1 Å². The van der Waals surface area contributed by atoms with E-state index in [2.05, 4.69) is 0 Å². The third-order valence-electron chi connectivity index (χ3n) is 5.81. The highest BCUT2D eigenvalue weighted by atomic mass is 16.7. The lowest BCUT2D eigenvalue weighted by molar-refractivity contribution is -0.316. The Morgan fingerprint density at radius 2 is 1.40 bits per heavy atom. The molecule has 1 heterocycles. The van der Waals surface area contributed by atoms with Crippen molar-refractivity contribution < 1.29 is 52.3 Å². The normalized spacial score (nSPS) is 22.9. The van der Waals surface area contributed by atoms with Crippen LogP contribution in [0.1, 0.15) is 44.9 Å². The van der Waals surface area contributed by atoms with E-state index in [1.807, 2.05) is 30.3 Å². The Morgan fingerprint density at radius 3 is 1.98 bits per heavy atom. The van der Waals surface area contributed by atoms with E-state index in [0.717, 1.165) is 5.56 Å². The molecule has 0 saturated carbocycles. The first-order valence-corrected chi connectivity index (χ1v) is 12.8. The van der Waals surface area contributed by atoms with Crippen molar-refractivity contribution in [2.24, 2.45) is 0 Å². The number of rotatable bonds is 12. The Bertz CT molecular complexity index is 1120. The van der Waals surface area contributed by atoms with Gasteiger partial charge in [-0.2, -0.15) is 0 Å². The van der Waals surface area contributed by atoms with Gasteiger partial charge in [-0.15, -0.1) is 0 Å². The van der Waals surface area contributed by atoms with Crippen LogP contribution in [-0.2, 0) is 58.9 Å². The number of esters is 4. The van der Waals surface area contributed by atoms with E-state index < -0.39 is 60.7 Å². The molecule has 0 spiro atoms. The number of hydrogen-bond acceptors (Lipinski definition) is 11. The fraction of sp³-hybridized carbons (Fsp3) is 0.448. The minimum Gasteiger partial charge on any atom is -0.464 e. The predicted octanol–water partition coefficient (Wildman–Crippen LogP) is 3.04. The van der Waals surface area contributed by atoms with Crippen LogP contribution in [0.3, 0.4) is 0 Å². The maximum absolute atomic E-state index is 13.0. The lowest BCUT2D eigenvalue weighted by Gasteiger charge is -2.45. The molecule has 1 saturated heterocycles. The third kappa shape index (κ3) is 8.87. The summed E-state index contributed by atoms with van der Waals surface area (Å²) in [6.45, 7) is 5.11. The minimum atomic E-state index is -1.46. The van der Waals surface area contributed by atoms with E-state index in [1.54, 1.807) is 37.3 Å². The van der Waals surface area contributed by atoms with Crippen LogP contribution in [0.5, 0.6) is 0 Å². The summed E-state index contributed by atoms with van der Waals surface area (Å²) in [6.07, 6.45) is -7.42. The first kappa shape index (κ1) is 30.7. The van der Waals surface area contributed by atoms with Crippen LogP contribution in [0.2, 0.25) is 0 Å². The second-order valence-corrected chi connectivity index (χ2v) is 8.93. The summed E-state index contributed by atoms with van der Waals surface area (Å²) in [4.78, 5) is 49.0. The molecule has 6 atom stereocenters. The molecule has 216 valence electrons. The maximum atomic E-state index is 13.0. The molecule has 1 fully saturated rings. The van der Waals surface area contributed by atoms with Gasteiger partial charge in [-0.05, 0) is 18.1 Å². The molecule has 1 aliphatic rings. The Hall–Kier alpha value is -3.80. The highest BCUT2D eigenvalue weighted by Gasteiger charge is 2.53.